The SMILES string of the molecule is Cl.O=C(NC[C@@H]1NCCc2ccccc21)C1CCCCC1. The summed E-state index contributed by atoms with van der Waals surface area (Å²) in [6.45, 7) is 1.72. The van der Waals surface area contributed by atoms with Gasteiger partial charge in [0, 0.05) is 18.5 Å². The highest BCUT2D eigenvalue weighted by molar-refractivity contribution is 5.85. The van der Waals surface area contributed by atoms with E-state index < -0.39 is 0 Å². The summed E-state index contributed by atoms with van der Waals surface area (Å²) in [5, 5.41) is 6.68. The molecule has 1 aliphatic heterocycles. The summed E-state index contributed by atoms with van der Waals surface area (Å²) >= 11 is 0. The van der Waals surface area contributed by atoms with Crippen LogP contribution in [-0.4, -0.2) is 19.0 Å². The number of fused-ring (bicyclic) bond motifs is 1. The molecule has 0 aromatic heterocycles. The minimum absolute atomic E-state index is 0. The van der Waals surface area contributed by atoms with Crippen LogP contribution in [-0.2, 0) is 11.2 Å². The van der Waals surface area contributed by atoms with Crippen molar-refractivity contribution in [1.82, 2.24) is 10.6 Å². The summed E-state index contributed by atoms with van der Waals surface area (Å²) in [6.07, 6.45) is 6.94. The fourth-order valence-electron chi connectivity index (χ4n) is 3.49. The molecule has 1 fully saturated rings. The number of carbonyl (C=O) groups excluding carboxylic acids is 1. The van der Waals surface area contributed by atoms with E-state index >= 15 is 0 Å². The minimum Gasteiger partial charge on any atom is -0.354 e. The molecule has 2 N–H and O–H groups in total. The Bertz CT molecular complexity index is 472. The van der Waals surface area contributed by atoms with E-state index in [1.807, 2.05) is 0 Å². The van der Waals surface area contributed by atoms with E-state index in [1.54, 1.807) is 0 Å². The number of halogens is 1. The molecular formula is C17H25ClN2O. The molecule has 21 heavy (non-hydrogen) atoms. The van der Waals surface area contributed by atoms with Crippen LogP contribution < -0.4 is 10.6 Å². The third-order valence-corrected chi connectivity index (χ3v) is 4.67. The second-order valence-electron chi connectivity index (χ2n) is 6.04. The Labute approximate surface area is 133 Å². The Kier molecular flexibility index (Phi) is 6.07. The average Bonchev–Trinajstić information content (AvgIpc) is 2.53. The lowest BCUT2D eigenvalue weighted by atomic mass is 9.88. The van der Waals surface area contributed by atoms with Gasteiger partial charge >= 0.3 is 0 Å². The van der Waals surface area contributed by atoms with Gasteiger partial charge in [0.25, 0.3) is 0 Å². The summed E-state index contributed by atoms with van der Waals surface area (Å²) in [6, 6.07) is 8.83. The van der Waals surface area contributed by atoms with Crippen molar-refractivity contribution in [3.8, 4) is 0 Å². The number of hydrogen-bond donors (Lipinski definition) is 2. The molecule has 1 atom stereocenters. The third kappa shape index (κ3) is 3.98. The zero-order valence-corrected chi connectivity index (χ0v) is 13.3. The molecular weight excluding hydrogens is 284 g/mol. The Hall–Kier alpha value is -1.06. The zero-order chi connectivity index (χ0) is 13.8. The molecule has 1 saturated carbocycles. The van der Waals surface area contributed by atoms with E-state index in [4.69, 9.17) is 0 Å². The monoisotopic (exact) mass is 308 g/mol. The topological polar surface area (TPSA) is 41.1 Å². The highest BCUT2D eigenvalue weighted by Crippen LogP contribution is 2.25. The van der Waals surface area contributed by atoms with Crippen molar-refractivity contribution in [3.05, 3.63) is 35.4 Å². The number of hydrogen-bond acceptors (Lipinski definition) is 2. The molecule has 0 bridgehead atoms. The van der Waals surface area contributed by atoms with Crippen LogP contribution in [0.3, 0.4) is 0 Å². The predicted octanol–water partition coefficient (Wildman–Crippen LogP) is 2.99. The van der Waals surface area contributed by atoms with Gasteiger partial charge in [-0.05, 0) is 36.9 Å². The van der Waals surface area contributed by atoms with Crippen LogP contribution in [0, 0.1) is 5.92 Å². The molecule has 1 aromatic carbocycles. The fourth-order valence-corrected chi connectivity index (χ4v) is 3.49. The van der Waals surface area contributed by atoms with Crippen molar-refractivity contribution in [2.45, 2.75) is 44.6 Å². The molecule has 2 aliphatic rings. The third-order valence-electron chi connectivity index (χ3n) is 4.67. The van der Waals surface area contributed by atoms with Crippen LogP contribution in [0.5, 0.6) is 0 Å². The number of nitrogens with one attached hydrogen (secondary N) is 2. The van der Waals surface area contributed by atoms with E-state index in [2.05, 4.69) is 34.9 Å². The lowest BCUT2D eigenvalue weighted by Gasteiger charge is -2.28. The summed E-state index contributed by atoms with van der Waals surface area (Å²) in [4.78, 5) is 12.2. The summed E-state index contributed by atoms with van der Waals surface area (Å²) in [5.41, 5.74) is 2.77. The first-order valence-electron chi connectivity index (χ1n) is 7.93. The normalized spacial score (nSPS) is 22.0. The van der Waals surface area contributed by atoms with Crippen LogP contribution in [0.1, 0.15) is 49.3 Å². The van der Waals surface area contributed by atoms with Gasteiger partial charge in [-0.15, -0.1) is 12.4 Å². The Morgan fingerprint density at radius 1 is 1.19 bits per heavy atom. The Balaban J connectivity index is 0.00000161. The lowest BCUT2D eigenvalue weighted by Crippen LogP contribution is -2.41. The molecule has 4 heteroatoms. The van der Waals surface area contributed by atoms with Gasteiger partial charge in [0.1, 0.15) is 0 Å². The summed E-state index contributed by atoms with van der Waals surface area (Å²) < 4.78 is 0. The molecule has 3 rings (SSSR count). The fraction of sp³-hybridized carbons (Fsp3) is 0.588. The van der Waals surface area contributed by atoms with Crippen LogP contribution in [0.15, 0.2) is 24.3 Å². The smallest absolute Gasteiger partial charge is 0.223 e. The van der Waals surface area contributed by atoms with Crippen LogP contribution >= 0.6 is 12.4 Å². The van der Waals surface area contributed by atoms with E-state index in [1.165, 1.54) is 30.4 Å². The van der Waals surface area contributed by atoms with Crippen molar-refractivity contribution >= 4 is 18.3 Å². The first-order valence-corrected chi connectivity index (χ1v) is 7.93. The summed E-state index contributed by atoms with van der Waals surface area (Å²) in [5.74, 6) is 0.511. The average molecular weight is 309 g/mol. The molecule has 1 aromatic rings. The molecule has 1 heterocycles. The number of amides is 1. The molecule has 116 valence electrons. The highest BCUT2D eigenvalue weighted by atomic mass is 35.5. The van der Waals surface area contributed by atoms with Crippen molar-refractivity contribution in [3.63, 3.8) is 0 Å². The van der Waals surface area contributed by atoms with E-state index in [0.717, 1.165) is 25.8 Å². The predicted molar refractivity (Wildman–Crippen MR) is 87.7 cm³/mol. The van der Waals surface area contributed by atoms with E-state index in [0.29, 0.717) is 6.54 Å². The van der Waals surface area contributed by atoms with Gasteiger partial charge in [-0.1, -0.05) is 43.5 Å². The van der Waals surface area contributed by atoms with Crippen LogP contribution in [0.4, 0.5) is 0 Å². The molecule has 3 nitrogen and oxygen atoms in total. The first-order chi connectivity index (χ1) is 9.84. The largest absolute Gasteiger partial charge is 0.354 e. The number of rotatable bonds is 3. The van der Waals surface area contributed by atoms with Crippen molar-refractivity contribution in [2.75, 3.05) is 13.1 Å². The maximum atomic E-state index is 12.2. The quantitative estimate of drug-likeness (QED) is 0.901. The highest BCUT2D eigenvalue weighted by Gasteiger charge is 2.23. The Morgan fingerprint density at radius 2 is 1.95 bits per heavy atom. The van der Waals surface area contributed by atoms with E-state index in [-0.39, 0.29) is 30.3 Å². The van der Waals surface area contributed by atoms with Crippen molar-refractivity contribution in [1.29, 1.82) is 0 Å². The zero-order valence-electron chi connectivity index (χ0n) is 12.4. The molecule has 0 spiro atoms. The molecule has 1 aliphatic carbocycles. The van der Waals surface area contributed by atoms with Gasteiger partial charge in [-0.25, -0.2) is 0 Å². The Morgan fingerprint density at radius 3 is 2.76 bits per heavy atom. The van der Waals surface area contributed by atoms with Gasteiger partial charge in [0.05, 0.1) is 0 Å². The molecule has 0 unspecified atom stereocenters. The summed E-state index contributed by atoms with van der Waals surface area (Å²) in [7, 11) is 0. The molecule has 1 amide bonds. The van der Waals surface area contributed by atoms with E-state index in [9.17, 15) is 4.79 Å². The van der Waals surface area contributed by atoms with Gasteiger partial charge in [-0.2, -0.15) is 0 Å². The van der Waals surface area contributed by atoms with Gasteiger partial charge in [0.2, 0.25) is 5.91 Å². The molecule has 0 radical (unpaired) electrons. The van der Waals surface area contributed by atoms with Gasteiger partial charge < -0.3 is 10.6 Å². The standard InChI is InChI=1S/C17H24N2O.ClH/c20-17(14-7-2-1-3-8-14)19-12-16-15-9-5-4-6-13(15)10-11-18-16;/h4-6,9,14,16,18H,1-3,7-8,10-12H2,(H,19,20);1H/t16-;/m0./s1. The number of benzene rings is 1. The van der Waals surface area contributed by atoms with Crippen LogP contribution in [0.25, 0.3) is 0 Å². The number of carbonyl (C=O) groups is 1. The molecule has 0 saturated heterocycles. The van der Waals surface area contributed by atoms with Crippen molar-refractivity contribution < 1.29 is 4.79 Å². The lowest BCUT2D eigenvalue weighted by molar-refractivity contribution is -0.126. The minimum atomic E-state index is 0. The second kappa shape index (κ2) is 7.81. The maximum absolute atomic E-state index is 12.2. The van der Waals surface area contributed by atoms with Gasteiger partial charge in [0.15, 0.2) is 0 Å². The van der Waals surface area contributed by atoms with Gasteiger partial charge in [-0.3, -0.25) is 4.79 Å². The second-order valence-corrected chi connectivity index (χ2v) is 6.04. The maximum Gasteiger partial charge on any atom is 0.223 e. The first kappa shape index (κ1) is 16.3. The van der Waals surface area contributed by atoms with Crippen LogP contribution in [0.2, 0.25) is 0 Å². The van der Waals surface area contributed by atoms with Crippen molar-refractivity contribution in [2.24, 2.45) is 5.92 Å².